The largest absolute Gasteiger partial charge is 0.480 e. The Hall–Kier alpha value is -2.29. The molecule has 0 aliphatic rings. The Bertz CT molecular complexity index is 444. The van der Waals surface area contributed by atoms with Gasteiger partial charge >= 0.3 is 5.97 Å². The average Bonchev–Trinajstić information content (AvgIpc) is 2.63. The second kappa shape index (κ2) is 4.98. The lowest BCUT2D eigenvalue weighted by molar-refractivity contribution is -0.139. The second-order valence-electron chi connectivity index (χ2n) is 3.11. The first kappa shape index (κ1) is 11.8. The summed E-state index contributed by atoms with van der Waals surface area (Å²) < 4.78 is 4.68. The SMILES string of the molecule is C#CCC(NC(=O)c1oncc1C)C(=O)O. The molecule has 0 saturated heterocycles. The van der Waals surface area contributed by atoms with E-state index in [0.717, 1.165) is 0 Å². The van der Waals surface area contributed by atoms with Crippen molar-refractivity contribution in [1.29, 1.82) is 0 Å². The van der Waals surface area contributed by atoms with Crippen LogP contribution in [0, 0.1) is 19.3 Å². The van der Waals surface area contributed by atoms with E-state index in [9.17, 15) is 9.59 Å². The minimum atomic E-state index is -1.19. The van der Waals surface area contributed by atoms with Crippen molar-refractivity contribution in [1.82, 2.24) is 10.5 Å². The number of aryl methyl sites for hydroxylation is 1. The van der Waals surface area contributed by atoms with E-state index in [0.29, 0.717) is 5.56 Å². The van der Waals surface area contributed by atoms with Crippen molar-refractivity contribution in [2.24, 2.45) is 0 Å². The van der Waals surface area contributed by atoms with Gasteiger partial charge in [0.2, 0.25) is 5.76 Å². The fraction of sp³-hybridized carbons (Fsp3) is 0.300. The van der Waals surface area contributed by atoms with Gasteiger partial charge in [0.25, 0.3) is 5.91 Å². The molecule has 0 aromatic carbocycles. The maximum atomic E-state index is 11.5. The molecule has 1 aromatic rings. The van der Waals surface area contributed by atoms with Gasteiger partial charge in [-0.25, -0.2) is 4.79 Å². The second-order valence-corrected chi connectivity index (χ2v) is 3.11. The average molecular weight is 222 g/mol. The summed E-state index contributed by atoms with van der Waals surface area (Å²) in [5.74, 6) is 0.329. The fourth-order valence-corrected chi connectivity index (χ4v) is 1.05. The van der Waals surface area contributed by atoms with Crippen LogP contribution >= 0.6 is 0 Å². The topological polar surface area (TPSA) is 92.4 Å². The summed E-state index contributed by atoms with van der Waals surface area (Å²) in [5, 5.41) is 14.4. The van der Waals surface area contributed by atoms with E-state index in [1.165, 1.54) is 6.20 Å². The summed E-state index contributed by atoms with van der Waals surface area (Å²) in [6, 6.07) is -1.12. The normalized spacial score (nSPS) is 11.5. The zero-order valence-electron chi connectivity index (χ0n) is 8.56. The van der Waals surface area contributed by atoms with Gasteiger partial charge in [-0.1, -0.05) is 5.16 Å². The number of aromatic nitrogens is 1. The lowest BCUT2D eigenvalue weighted by Gasteiger charge is -2.10. The fourth-order valence-electron chi connectivity index (χ4n) is 1.05. The number of carbonyl (C=O) groups excluding carboxylic acids is 1. The van der Waals surface area contributed by atoms with E-state index >= 15 is 0 Å². The Kier molecular flexibility index (Phi) is 3.67. The highest BCUT2D eigenvalue weighted by molar-refractivity contribution is 5.95. The summed E-state index contributed by atoms with van der Waals surface area (Å²) in [7, 11) is 0. The maximum Gasteiger partial charge on any atom is 0.327 e. The predicted molar refractivity (Wildman–Crippen MR) is 53.6 cm³/mol. The van der Waals surface area contributed by atoms with Gasteiger partial charge in [-0.15, -0.1) is 12.3 Å². The van der Waals surface area contributed by atoms with Gasteiger partial charge in [0.1, 0.15) is 6.04 Å². The van der Waals surface area contributed by atoms with Crippen LogP contribution < -0.4 is 5.32 Å². The van der Waals surface area contributed by atoms with Gasteiger partial charge in [-0.2, -0.15) is 0 Å². The molecule has 1 heterocycles. The molecule has 6 heteroatoms. The van der Waals surface area contributed by atoms with Crippen LogP contribution in [0.2, 0.25) is 0 Å². The lowest BCUT2D eigenvalue weighted by Crippen LogP contribution is -2.40. The number of nitrogens with zero attached hydrogens (tertiary/aromatic N) is 1. The minimum Gasteiger partial charge on any atom is -0.480 e. The molecule has 0 fully saturated rings. The maximum absolute atomic E-state index is 11.5. The van der Waals surface area contributed by atoms with Crippen molar-refractivity contribution in [3.05, 3.63) is 17.5 Å². The molecule has 6 nitrogen and oxygen atoms in total. The summed E-state index contributed by atoms with van der Waals surface area (Å²) in [4.78, 5) is 22.3. The molecule has 0 saturated carbocycles. The van der Waals surface area contributed by atoms with Crippen LogP contribution in [-0.4, -0.2) is 28.2 Å². The van der Waals surface area contributed by atoms with E-state index < -0.39 is 17.9 Å². The van der Waals surface area contributed by atoms with Crippen molar-refractivity contribution < 1.29 is 19.2 Å². The van der Waals surface area contributed by atoms with Crippen LogP contribution in [0.1, 0.15) is 22.5 Å². The van der Waals surface area contributed by atoms with E-state index in [4.69, 9.17) is 11.5 Å². The molecular formula is C10H10N2O4. The molecular weight excluding hydrogens is 212 g/mol. The van der Waals surface area contributed by atoms with Crippen LogP contribution in [0.4, 0.5) is 0 Å². The minimum absolute atomic E-state index is 0.0109. The van der Waals surface area contributed by atoms with Crippen molar-refractivity contribution in [2.45, 2.75) is 19.4 Å². The van der Waals surface area contributed by atoms with Gasteiger partial charge in [0.05, 0.1) is 6.20 Å². The number of aliphatic carboxylic acids is 1. The number of carboxylic acids is 1. The summed E-state index contributed by atoms with van der Waals surface area (Å²) in [6.45, 7) is 1.63. The number of rotatable bonds is 4. The Labute approximate surface area is 91.6 Å². The van der Waals surface area contributed by atoms with Gasteiger partial charge in [0, 0.05) is 12.0 Å². The zero-order valence-corrected chi connectivity index (χ0v) is 8.56. The Morgan fingerprint density at radius 1 is 1.75 bits per heavy atom. The molecule has 0 bridgehead atoms. The number of carbonyl (C=O) groups is 2. The van der Waals surface area contributed by atoms with Crippen LogP contribution in [0.25, 0.3) is 0 Å². The Balaban J connectivity index is 2.74. The highest BCUT2D eigenvalue weighted by Gasteiger charge is 2.22. The van der Waals surface area contributed by atoms with Crippen molar-refractivity contribution in [3.8, 4) is 12.3 Å². The first-order valence-electron chi connectivity index (χ1n) is 4.44. The van der Waals surface area contributed by atoms with Crippen LogP contribution in [-0.2, 0) is 4.79 Å². The van der Waals surface area contributed by atoms with Crippen molar-refractivity contribution in [2.75, 3.05) is 0 Å². The highest BCUT2D eigenvalue weighted by atomic mass is 16.5. The van der Waals surface area contributed by atoms with Gasteiger partial charge < -0.3 is 14.9 Å². The molecule has 2 N–H and O–H groups in total. The molecule has 0 radical (unpaired) electrons. The molecule has 0 aliphatic heterocycles. The van der Waals surface area contributed by atoms with Gasteiger partial charge in [-0.05, 0) is 6.92 Å². The number of hydrogen-bond acceptors (Lipinski definition) is 4. The molecule has 0 spiro atoms. The predicted octanol–water partition coefficient (Wildman–Crippen LogP) is 0.189. The van der Waals surface area contributed by atoms with Gasteiger partial charge in [-0.3, -0.25) is 4.79 Å². The molecule has 1 atom stereocenters. The summed E-state index contributed by atoms with van der Waals surface area (Å²) >= 11 is 0. The molecule has 1 aromatic heterocycles. The monoisotopic (exact) mass is 222 g/mol. The lowest BCUT2D eigenvalue weighted by atomic mass is 10.2. The first-order valence-corrected chi connectivity index (χ1v) is 4.44. The van der Waals surface area contributed by atoms with E-state index in [1.807, 2.05) is 0 Å². The standard InChI is InChI=1S/C10H10N2O4/c1-3-4-7(10(14)15)12-9(13)8-6(2)5-11-16-8/h1,5,7H,4H2,2H3,(H,12,13)(H,14,15). The molecule has 0 aliphatic carbocycles. The molecule has 1 amide bonds. The van der Waals surface area contributed by atoms with Gasteiger partial charge in [0.15, 0.2) is 0 Å². The molecule has 16 heavy (non-hydrogen) atoms. The third kappa shape index (κ3) is 2.60. The highest BCUT2D eigenvalue weighted by Crippen LogP contribution is 2.06. The number of amides is 1. The summed E-state index contributed by atoms with van der Waals surface area (Å²) in [5.41, 5.74) is 0.530. The van der Waals surface area contributed by atoms with E-state index in [2.05, 4.69) is 20.9 Å². The Morgan fingerprint density at radius 3 is 2.88 bits per heavy atom. The van der Waals surface area contributed by atoms with Crippen LogP contribution in [0.3, 0.4) is 0 Å². The van der Waals surface area contributed by atoms with Crippen LogP contribution in [0.15, 0.2) is 10.7 Å². The van der Waals surface area contributed by atoms with E-state index in [-0.39, 0.29) is 12.2 Å². The number of hydrogen-bond donors (Lipinski definition) is 2. The Morgan fingerprint density at radius 2 is 2.44 bits per heavy atom. The number of nitrogens with one attached hydrogen (secondary N) is 1. The quantitative estimate of drug-likeness (QED) is 0.709. The number of carboxylic acid groups (broad SMARTS) is 1. The third-order valence-electron chi connectivity index (χ3n) is 1.88. The summed E-state index contributed by atoms with van der Waals surface area (Å²) in [6.07, 6.45) is 6.27. The molecule has 1 unspecified atom stereocenters. The third-order valence-corrected chi connectivity index (χ3v) is 1.88. The zero-order chi connectivity index (χ0) is 12.1. The van der Waals surface area contributed by atoms with Crippen molar-refractivity contribution in [3.63, 3.8) is 0 Å². The number of terminal acetylenes is 1. The van der Waals surface area contributed by atoms with Crippen LogP contribution in [0.5, 0.6) is 0 Å². The molecule has 84 valence electrons. The smallest absolute Gasteiger partial charge is 0.327 e. The molecule has 1 rings (SSSR count). The van der Waals surface area contributed by atoms with Crippen molar-refractivity contribution >= 4 is 11.9 Å². The van der Waals surface area contributed by atoms with E-state index in [1.54, 1.807) is 6.92 Å². The first-order chi connectivity index (χ1) is 7.56.